The Hall–Kier alpha value is -3.92. The predicted molar refractivity (Wildman–Crippen MR) is 188 cm³/mol. The molecule has 8 rings (SSSR count). The van der Waals surface area contributed by atoms with Gasteiger partial charge in [0.2, 0.25) is 5.91 Å². The maximum absolute atomic E-state index is 16.9. The van der Waals surface area contributed by atoms with E-state index < -0.39 is 18.2 Å². The standard InChI is InChI=1S/C40H51FN4O5/c1-25(2)45-22-28(21-42-45)32-6-5-7-33(35(32)41)36(43-37(47)27-8-11-31(12-9-27)50-38(48)44-23-30(46)24-44)40-17-14-39(15-18-40,16-19-40)29-10-13-34(49-4)26(3)20-29/h5-7,10,13,20-22,25,27,30-31,36,46H,8-9,11-12,14-19,23-24H2,1-4H3,(H,43,47). The number of carbonyl (C=O) groups excluding carboxylic acids is 2. The Labute approximate surface area is 294 Å². The van der Waals surface area contributed by atoms with Crippen LogP contribution in [0, 0.1) is 24.1 Å². The second kappa shape index (κ2) is 13.7. The van der Waals surface area contributed by atoms with Gasteiger partial charge in [-0.15, -0.1) is 0 Å². The maximum atomic E-state index is 16.9. The van der Waals surface area contributed by atoms with Crippen LogP contribution in [0.25, 0.3) is 11.1 Å². The highest BCUT2D eigenvalue weighted by molar-refractivity contribution is 5.79. The molecular formula is C40H51FN4O5. The van der Waals surface area contributed by atoms with Crippen LogP contribution in [-0.4, -0.2) is 64.2 Å². The molecule has 1 aliphatic heterocycles. The molecule has 10 heteroatoms. The first-order valence-corrected chi connectivity index (χ1v) is 18.4. The average molecular weight is 687 g/mol. The normalized spacial score (nSPS) is 27.1. The van der Waals surface area contributed by atoms with E-state index in [0.717, 1.165) is 55.4 Å². The van der Waals surface area contributed by atoms with Gasteiger partial charge >= 0.3 is 6.09 Å². The van der Waals surface area contributed by atoms with Crippen LogP contribution in [0.3, 0.4) is 0 Å². The van der Waals surface area contributed by atoms with Crippen LogP contribution in [-0.2, 0) is 14.9 Å². The molecule has 4 saturated carbocycles. The number of aromatic nitrogens is 2. The molecule has 2 bridgehead atoms. The molecule has 2 amide bonds. The lowest BCUT2D eigenvalue weighted by molar-refractivity contribution is -0.129. The number of halogens is 1. The average Bonchev–Trinajstić information content (AvgIpc) is 3.61. The maximum Gasteiger partial charge on any atom is 0.410 e. The van der Waals surface area contributed by atoms with Gasteiger partial charge in [-0.25, -0.2) is 9.18 Å². The van der Waals surface area contributed by atoms with Gasteiger partial charge in [-0.05, 0) is 113 Å². The number of aliphatic hydroxyl groups is 1. The van der Waals surface area contributed by atoms with E-state index in [1.54, 1.807) is 19.4 Å². The van der Waals surface area contributed by atoms with E-state index >= 15 is 4.39 Å². The highest BCUT2D eigenvalue weighted by Gasteiger charge is 2.54. The predicted octanol–water partition coefficient (Wildman–Crippen LogP) is 7.41. The van der Waals surface area contributed by atoms with Crippen LogP contribution in [0.5, 0.6) is 5.75 Å². The van der Waals surface area contributed by atoms with Gasteiger partial charge in [0.1, 0.15) is 17.7 Å². The summed E-state index contributed by atoms with van der Waals surface area (Å²) in [4.78, 5) is 28.1. The number of benzene rings is 2. The molecule has 5 aliphatic rings. The minimum Gasteiger partial charge on any atom is -0.496 e. The molecule has 1 unspecified atom stereocenters. The van der Waals surface area contributed by atoms with Gasteiger partial charge in [-0.1, -0.05) is 30.3 Å². The molecule has 2 heterocycles. The van der Waals surface area contributed by atoms with E-state index in [0.29, 0.717) is 49.9 Å². The third-order valence-corrected chi connectivity index (χ3v) is 12.4. The number of aryl methyl sites for hydroxylation is 1. The van der Waals surface area contributed by atoms with E-state index in [-0.39, 0.29) is 40.6 Å². The molecule has 0 radical (unpaired) electrons. The van der Waals surface area contributed by atoms with Crippen molar-refractivity contribution in [3.63, 3.8) is 0 Å². The van der Waals surface area contributed by atoms with E-state index in [4.69, 9.17) is 9.47 Å². The van der Waals surface area contributed by atoms with Crippen LogP contribution in [0.15, 0.2) is 48.8 Å². The first kappa shape index (κ1) is 34.5. The Morgan fingerprint density at radius 2 is 1.72 bits per heavy atom. The van der Waals surface area contributed by atoms with Crippen LogP contribution in [0.1, 0.15) is 107 Å². The molecular weight excluding hydrogens is 635 g/mol. The summed E-state index contributed by atoms with van der Waals surface area (Å²) in [7, 11) is 1.70. The molecule has 2 aromatic carbocycles. The fourth-order valence-corrected chi connectivity index (χ4v) is 9.13. The molecule has 3 aromatic rings. The molecule has 268 valence electrons. The lowest BCUT2D eigenvalue weighted by Gasteiger charge is -2.57. The topological polar surface area (TPSA) is 106 Å². The number of aliphatic hydroxyl groups excluding tert-OH is 1. The van der Waals surface area contributed by atoms with Crippen molar-refractivity contribution in [3.05, 3.63) is 71.3 Å². The minimum atomic E-state index is -0.478. The number of hydrogen-bond donors (Lipinski definition) is 2. The van der Waals surface area contributed by atoms with Crippen LogP contribution in [0.4, 0.5) is 9.18 Å². The summed E-state index contributed by atoms with van der Waals surface area (Å²) in [6.45, 7) is 6.79. The molecule has 4 aliphatic carbocycles. The smallest absolute Gasteiger partial charge is 0.410 e. The van der Waals surface area contributed by atoms with E-state index in [1.165, 1.54) is 10.5 Å². The Balaban J connectivity index is 1.13. The lowest BCUT2D eigenvalue weighted by Crippen LogP contribution is -2.54. The largest absolute Gasteiger partial charge is 0.496 e. The third kappa shape index (κ3) is 6.40. The quantitative estimate of drug-likeness (QED) is 0.243. The van der Waals surface area contributed by atoms with Crippen molar-refractivity contribution in [3.8, 4) is 16.9 Å². The number of fused-ring (bicyclic) bond motifs is 3. The van der Waals surface area contributed by atoms with Gasteiger partial charge in [0, 0.05) is 34.8 Å². The van der Waals surface area contributed by atoms with E-state index in [1.807, 2.05) is 36.9 Å². The number of methoxy groups -OCH3 is 1. The highest BCUT2D eigenvalue weighted by Crippen LogP contribution is 2.62. The van der Waals surface area contributed by atoms with Gasteiger partial charge < -0.3 is 24.8 Å². The third-order valence-electron chi connectivity index (χ3n) is 12.4. The van der Waals surface area contributed by atoms with Gasteiger partial charge in [-0.3, -0.25) is 9.48 Å². The number of carbonyl (C=O) groups is 2. The molecule has 2 N–H and O–H groups in total. The summed E-state index contributed by atoms with van der Waals surface area (Å²) < 4.78 is 29.9. The van der Waals surface area contributed by atoms with Crippen molar-refractivity contribution in [2.75, 3.05) is 20.2 Å². The van der Waals surface area contributed by atoms with Crippen molar-refractivity contribution in [2.45, 2.75) is 115 Å². The molecule has 5 fully saturated rings. The minimum absolute atomic E-state index is 0.0503. The number of rotatable bonds is 9. The van der Waals surface area contributed by atoms with Gasteiger partial charge in [0.05, 0.1) is 38.5 Å². The molecule has 1 aromatic heterocycles. The van der Waals surface area contributed by atoms with Crippen molar-refractivity contribution < 1.29 is 28.6 Å². The van der Waals surface area contributed by atoms with E-state index in [9.17, 15) is 14.7 Å². The molecule has 9 nitrogen and oxygen atoms in total. The van der Waals surface area contributed by atoms with Crippen molar-refractivity contribution in [2.24, 2.45) is 11.3 Å². The summed E-state index contributed by atoms with van der Waals surface area (Å²) in [5.74, 6) is 0.311. The van der Waals surface area contributed by atoms with Crippen LogP contribution in [0.2, 0.25) is 0 Å². The fraction of sp³-hybridized carbons (Fsp3) is 0.575. The van der Waals surface area contributed by atoms with Gasteiger partial charge in [-0.2, -0.15) is 5.10 Å². The fourth-order valence-electron chi connectivity index (χ4n) is 9.13. The first-order valence-electron chi connectivity index (χ1n) is 18.4. The Bertz CT molecular complexity index is 1700. The Morgan fingerprint density at radius 3 is 2.32 bits per heavy atom. The number of nitrogens with zero attached hydrogens (tertiary/aromatic N) is 3. The number of amides is 2. The zero-order chi connectivity index (χ0) is 35.2. The van der Waals surface area contributed by atoms with Crippen LogP contribution < -0.4 is 10.1 Å². The summed E-state index contributed by atoms with van der Waals surface area (Å²) in [5.41, 5.74) is 4.05. The first-order chi connectivity index (χ1) is 24.0. The Kier molecular flexibility index (Phi) is 9.43. The number of likely N-dealkylation sites (tertiary alicyclic amines) is 1. The summed E-state index contributed by atoms with van der Waals surface area (Å²) in [6.07, 6.45) is 10.5. The van der Waals surface area contributed by atoms with Crippen molar-refractivity contribution in [1.29, 1.82) is 0 Å². The number of nitrogens with one attached hydrogen (secondary N) is 1. The van der Waals surface area contributed by atoms with Gasteiger partial charge in [0.15, 0.2) is 0 Å². The lowest BCUT2D eigenvalue weighted by atomic mass is 9.49. The summed E-state index contributed by atoms with van der Waals surface area (Å²) in [6, 6.07) is 11.8. The molecule has 1 saturated heterocycles. The summed E-state index contributed by atoms with van der Waals surface area (Å²) >= 11 is 0. The SMILES string of the molecule is COc1ccc(C23CCC(C(NC(=O)C4CCC(OC(=O)N5CC(O)C5)CC4)c4cccc(-c5cnn(C(C)C)c5)c4F)(CC2)CC3)cc1C. The van der Waals surface area contributed by atoms with Crippen LogP contribution >= 0.6 is 0 Å². The molecule has 0 spiro atoms. The molecule has 1 atom stereocenters. The number of ether oxygens (including phenoxy) is 2. The number of β-amino-alcohol motifs (C(OH)–C–C–N with tert-alkyl or cyclic N) is 1. The number of hydrogen-bond acceptors (Lipinski definition) is 6. The second-order valence-electron chi connectivity index (χ2n) is 15.7. The van der Waals surface area contributed by atoms with Crippen molar-refractivity contribution >= 4 is 12.0 Å². The zero-order valence-corrected chi connectivity index (χ0v) is 29.8. The van der Waals surface area contributed by atoms with E-state index in [2.05, 4.69) is 35.5 Å². The zero-order valence-electron chi connectivity index (χ0n) is 29.8. The Morgan fingerprint density at radius 1 is 1.02 bits per heavy atom. The van der Waals surface area contributed by atoms with Gasteiger partial charge in [0.25, 0.3) is 0 Å². The second-order valence-corrected chi connectivity index (χ2v) is 15.7. The molecule has 50 heavy (non-hydrogen) atoms. The highest BCUT2D eigenvalue weighted by atomic mass is 19.1. The monoisotopic (exact) mass is 686 g/mol. The van der Waals surface area contributed by atoms with Crippen molar-refractivity contribution in [1.82, 2.24) is 20.0 Å². The summed E-state index contributed by atoms with van der Waals surface area (Å²) in [5, 5.41) is 17.4.